The van der Waals surface area contributed by atoms with E-state index >= 15 is 0 Å². The van der Waals surface area contributed by atoms with Crippen LogP contribution in [0.5, 0.6) is 5.75 Å². The lowest BCUT2D eigenvalue weighted by Gasteiger charge is -2.63. The fraction of sp³-hybridized carbons (Fsp3) is 0.741. The molecule has 4 nitrogen and oxygen atoms in total. The maximum Gasteiger partial charge on any atom is 0.160 e. The lowest BCUT2D eigenvalue weighted by molar-refractivity contribution is -0.316. The molecule has 1 aliphatic heterocycles. The average Bonchev–Trinajstić information content (AvgIpc) is 3.31. The van der Waals surface area contributed by atoms with Crippen LogP contribution in [0.2, 0.25) is 0 Å². The number of rotatable bonds is 5. The lowest BCUT2D eigenvalue weighted by Crippen LogP contribution is -2.62. The molecule has 170 valence electrons. The van der Waals surface area contributed by atoms with Crippen LogP contribution < -0.4 is 4.74 Å². The summed E-state index contributed by atoms with van der Waals surface area (Å²) in [5.41, 5.74) is 1.77. The number of nitrogens with zero attached hydrogens (tertiary/aromatic N) is 1. The summed E-state index contributed by atoms with van der Waals surface area (Å²) in [4.78, 5) is 4.08. The topological polar surface area (TPSA) is 40.6 Å². The van der Waals surface area contributed by atoms with Crippen molar-refractivity contribution in [3.05, 3.63) is 36.7 Å². The molecule has 0 radical (unpaired) electrons. The molecule has 1 aromatic rings. The molecule has 0 N–H and O–H groups in total. The van der Waals surface area contributed by atoms with Crippen molar-refractivity contribution < 1.29 is 14.2 Å². The van der Waals surface area contributed by atoms with Gasteiger partial charge in [-0.3, -0.25) is 4.98 Å². The van der Waals surface area contributed by atoms with Gasteiger partial charge in [-0.05, 0) is 74.3 Å². The molecule has 0 spiro atoms. The number of allylic oxidation sites excluding steroid dienone is 1. The third-order valence-corrected chi connectivity index (χ3v) is 9.28. The van der Waals surface area contributed by atoms with Crippen LogP contribution in [0.15, 0.2) is 36.7 Å². The smallest absolute Gasteiger partial charge is 0.160 e. The number of hydrogen-bond acceptors (Lipinski definition) is 4. The minimum Gasteiger partial charge on any atom is -0.493 e. The van der Waals surface area contributed by atoms with Crippen molar-refractivity contribution in [1.29, 1.82) is 0 Å². The van der Waals surface area contributed by atoms with E-state index in [1.165, 1.54) is 44.1 Å². The van der Waals surface area contributed by atoms with Crippen molar-refractivity contribution in [3.8, 4) is 5.75 Å². The Bertz CT molecular complexity index is 776. The Morgan fingerprint density at radius 3 is 2.65 bits per heavy atom. The van der Waals surface area contributed by atoms with E-state index in [1.807, 2.05) is 12.1 Å². The Balaban J connectivity index is 1.29. The largest absolute Gasteiger partial charge is 0.493 e. The number of fused-ring (bicyclic) bond motifs is 3. The van der Waals surface area contributed by atoms with Crippen molar-refractivity contribution in [2.45, 2.75) is 84.0 Å². The molecule has 1 saturated heterocycles. The maximum absolute atomic E-state index is 6.70. The van der Waals surface area contributed by atoms with Crippen molar-refractivity contribution >= 4 is 0 Å². The summed E-state index contributed by atoms with van der Waals surface area (Å²) >= 11 is 0. The molecule has 0 aromatic carbocycles. The van der Waals surface area contributed by atoms with E-state index in [9.17, 15) is 0 Å². The molecule has 3 aliphatic carbocycles. The minimum absolute atomic E-state index is 0.0352. The van der Waals surface area contributed by atoms with E-state index in [1.54, 1.807) is 12.4 Å². The molecular weight excluding hydrogens is 386 g/mol. The monoisotopic (exact) mass is 425 g/mol. The molecule has 0 bridgehead atoms. The van der Waals surface area contributed by atoms with Gasteiger partial charge in [0.15, 0.2) is 6.29 Å². The van der Waals surface area contributed by atoms with Crippen molar-refractivity contribution in [2.24, 2.45) is 28.6 Å². The fourth-order valence-corrected chi connectivity index (χ4v) is 7.59. The van der Waals surface area contributed by atoms with Crippen molar-refractivity contribution in [2.75, 3.05) is 13.2 Å². The first-order valence-electron chi connectivity index (χ1n) is 12.5. The molecule has 6 atom stereocenters. The minimum atomic E-state index is 0.0352. The quantitative estimate of drug-likeness (QED) is 0.529. The zero-order chi connectivity index (χ0) is 21.5. The summed E-state index contributed by atoms with van der Waals surface area (Å²) in [6.45, 7) is 11.1. The summed E-state index contributed by atoms with van der Waals surface area (Å²) < 4.78 is 19.2. The summed E-state index contributed by atoms with van der Waals surface area (Å²) in [6, 6.07) is 3.87. The standard InChI is InChI=1S/C27H39NO3/c1-19-8-9-23-26(2,22(19)13-17-29-21-11-15-28-16-12-21)14-10-24-27(23,3)18-30-25(31-24)20-6-4-5-7-20/h11-12,15-16,20,22-25H,1,4-10,13-14,17-18H2,2-3H3/t22?,23?,24-,25-,26+,27+/m1/s1. The fourth-order valence-electron chi connectivity index (χ4n) is 7.59. The first-order chi connectivity index (χ1) is 15.0. The SMILES string of the molecule is C=C1CCC2[C@@](C)(CC[C@H]3O[C@H](C4CCCC4)OC[C@@]23C)C1CCOc1ccncc1. The third-order valence-electron chi connectivity index (χ3n) is 9.28. The van der Waals surface area contributed by atoms with E-state index in [2.05, 4.69) is 25.4 Å². The van der Waals surface area contributed by atoms with Crippen LogP contribution in [0.1, 0.15) is 71.6 Å². The van der Waals surface area contributed by atoms with Crippen molar-refractivity contribution in [3.63, 3.8) is 0 Å². The average molecular weight is 426 g/mol. The van der Waals surface area contributed by atoms with Gasteiger partial charge >= 0.3 is 0 Å². The second-order valence-corrected chi connectivity index (χ2v) is 11.0. The van der Waals surface area contributed by atoms with E-state index in [0.29, 0.717) is 23.9 Å². The van der Waals surface area contributed by atoms with Gasteiger partial charge in [-0.25, -0.2) is 0 Å². The number of hydrogen-bond donors (Lipinski definition) is 0. The highest BCUT2D eigenvalue weighted by molar-refractivity contribution is 5.19. The lowest BCUT2D eigenvalue weighted by atomic mass is 9.46. The normalized spacial score (nSPS) is 40.9. The van der Waals surface area contributed by atoms with Gasteiger partial charge in [0, 0.05) is 23.7 Å². The van der Waals surface area contributed by atoms with Gasteiger partial charge in [0.25, 0.3) is 0 Å². The Labute approximate surface area is 187 Å². The first-order valence-corrected chi connectivity index (χ1v) is 12.5. The van der Waals surface area contributed by atoms with Crippen LogP contribution in [0.4, 0.5) is 0 Å². The number of aromatic nitrogens is 1. The number of ether oxygens (including phenoxy) is 3. The molecule has 4 aliphatic rings. The van der Waals surface area contributed by atoms with Gasteiger partial charge in [0.1, 0.15) is 5.75 Å². The predicted molar refractivity (Wildman–Crippen MR) is 122 cm³/mol. The Morgan fingerprint density at radius 2 is 1.87 bits per heavy atom. The summed E-state index contributed by atoms with van der Waals surface area (Å²) in [7, 11) is 0. The molecule has 1 aromatic heterocycles. The zero-order valence-electron chi connectivity index (χ0n) is 19.4. The molecule has 3 saturated carbocycles. The summed E-state index contributed by atoms with van der Waals surface area (Å²) in [5.74, 6) is 2.63. The molecule has 4 heteroatoms. The molecule has 0 amide bonds. The van der Waals surface area contributed by atoms with Gasteiger partial charge in [-0.2, -0.15) is 0 Å². The number of pyridine rings is 1. The predicted octanol–water partition coefficient (Wildman–Crippen LogP) is 6.17. The first kappa shape index (κ1) is 21.5. The van der Waals surface area contributed by atoms with Crippen LogP contribution in [-0.2, 0) is 9.47 Å². The van der Waals surface area contributed by atoms with Gasteiger partial charge in [-0.1, -0.05) is 38.8 Å². The van der Waals surface area contributed by atoms with E-state index in [-0.39, 0.29) is 17.1 Å². The highest BCUT2D eigenvalue weighted by Crippen LogP contribution is 2.63. The van der Waals surface area contributed by atoms with Crippen LogP contribution >= 0.6 is 0 Å². The van der Waals surface area contributed by atoms with Gasteiger partial charge in [0.2, 0.25) is 0 Å². The Hall–Kier alpha value is -1.39. The molecule has 2 heterocycles. The highest BCUT2D eigenvalue weighted by Gasteiger charge is 2.60. The van der Waals surface area contributed by atoms with Crippen molar-refractivity contribution in [1.82, 2.24) is 4.98 Å². The zero-order valence-corrected chi connectivity index (χ0v) is 19.4. The molecule has 2 unspecified atom stereocenters. The Kier molecular flexibility index (Phi) is 5.89. The third kappa shape index (κ3) is 3.84. The van der Waals surface area contributed by atoms with E-state index in [4.69, 9.17) is 14.2 Å². The maximum atomic E-state index is 6.70. The second kappa shape index (κ2) is 8.51. The van der Waals surface area contributed by atoms with Crippen LogP contribution in [0, 0.1) is 28.6 Å². The summed E-state index contributed by atoms with van der Waals surface area (Å²) in [6.07, 6.45) is 14.9. The van der Waals surface area contributed by atoms with Gasteiger partial charge < -0.3 is 14.2 Å². The van der Waals surface area contributed by atoms with Crippen LogP contribution in [0.25, 0.3) is 0 Å². The molecule has 31 heavy (non-hydrogen) atoms. The molecule has 4 fully saturated rings. The summed E-state index contributed by atoms with van der Waals surface area (Å²) in [5, 5.41) is 0. The van der Waals surface area contributed by atoms with Crippen LogP contribution in [0.3, 0.4) is 0 Å². The van der Waals surface area contributed by atoms with Crippen LogP contribution in [-0.4, -0.2) is 30.6 Å². The van der Waals surface area contributed by atoms with Gasteiger partial charge in [-0.15, -0.1) is 0 Å². The molecule has 5 rings (SSSR count). The Morgan fingerprint density at radius 1 is 1.10 bits per heavy atom. The molecular formula is C27H39NO3. The van der Waals surface area contributed by atoms with Gasteiger partial charge in [0.05, 0.1) is 19.3 Å². The second-order valence-electron chi connectivity index (χ2n) is 11.0. The van der Waals surface area contributed by atoms with E-state index in [0.717, 1.165) is 38.2 Å². The highest BCUT2D eigenvalue weighted by atomic mass is 16.7. The van der Waals surface area contributed by atoms with E-state index < -0.39 is 0 Å².